The van der Waals surface area contributed by atoms with Gasteiger partial charge < -0.3 is 5.32 Å². The summed E-state index contributed by atoms with van der Waals surface area (Å²) in [6.07, 6.45) is 5.70. The van der Waals surface area contributed by atoms with Gasteiger partial charge >= 0.3 is 0 Å². The lowest BCUT2D eigenvalue weighted by Gasteiger charge is -2.14. The van der Waals surface area contributed by atoms with E-state index < -0.39 is 15.7 Å². The molecule has 2 aromatic heterocycles. The van der Waals surface area contributed by atoms with Crippen LogP contribution in [0.25, 0.3) is 15.3 Å². The first-order valence-corrected chi connectivity index (χ1v) is 13.1. The van der Waals surface area contributed by atoms with Gasteiger partial charge in [-0.25, -0.2) is 13.4 Å². The van der Waals surface area contributed by atoms with Gasteiger partial charge in [-0.15, -0.1) is 0 Å². The quantitative estimate of drug-likeness (QED) is 0.483. The molecule has 0 fully saturated rings. The summed E-state index contributed by atoms with van der Waals surface area (Å²) < 4.78 is 26.9. The molecule has 0 saturated heterocycles. The van der Waals surface area contributed by atoms with Crippen LogP contribution in [-0.2, 0) is 22.7 Å². The average Bonchev–Trinajstić information content (AvgIpc) is 3.33. The second-order valence-electron chi connectivity index (χ2n) is 8.10. The van der Waals surface area contributed by atoms with Crippen LogP contribution >= 0.6 is 11.3 Å². The molecular formula is C23H22N4O3S2. The van der Waals surface area contributed by atoms with Crippen molar-refractivity contribution in [1.29, 1.82) is 0 Å². The van der Waals surface area contributed by atoms with E-state index in [0.717, 1.165) is 35.0 Å². The van der Waals surface area contributed by atoms with Crippen LogP contribution in [0.4, 0.5) is 5.82 Å². The fraction of sp³-hybridized carbons (Fsp3) is 0.261. The number of hydrogen-bond donors (Lipinski definition) is 1. The molecule has 1 N–H and O–H groups in total. The van der Waals surface area contributed by atoms with Crippen LogP contribution in [-0.4, -0.2) is 35.3 Å². The van der Waals surface area contributed by atoms with Gasteiger partial charge in [-0.2, -0.15) is 9.78 Å². The summed E-state index contributed by atoms with van der Waals surface area (Å²) in [6.45, 7) is 1.84. The predicted molar refractivity (Wildman–Crippen MR) is 126 cm³/mol. The molecule has 1 amide bonds. The van der Waals surface area contributed by atoms with Gasteiger partial charge in [-0.1, -0.05) is 23.5 Å². The fourth-order valence-electron chi connectivity index (χ4n) is 4.13. The standard InChI is InChI=1S/C23H22N4O3S2/c1-14-11-21(25-22(28)17-9-5-6-10-20(17)32(2,29)30)27(26-14)23-24-18-12-15-7-3-4-8-16(15)13-19(18)31-23/h5-6,9-13H,3-4,7-8H2,1-2H3,(H,25,28). The van der Waals surface area contributed by atoms with Gasteiger partial charge in [0.2, 0.25) is 5.13 Å². The Morgan fingerprint density at radius 2 is 1.81 bits per heavy atom. The van der Waals surface area contributed by atoms with Crippen molar-refractivity contribution in [3.8, 4) is 5.13 Å². The number of aryl methyl sites for hydroxylation is 3. The first kappa shape index (κ1) is 20.8. The van der Waals surface area contributed by atoms with E-state index in [0.29, 0.717) is 10.9 Å². The number of nitrogens with zero attached hydrogens (tertiary/aromatic N) is 3. The van der Waals surface area contributed by atoms with Gasteiger partial charge in [0.25, 0.3) is 5.91 Å². The monoisotopic (exact) mass is 466 g/mol. The van der Waals surface area contributed by atoms with Gasteiger partial charge in [0.15, 0.2) is 9.84 Å². The van der Waals surface area contributed by atoms with Crippen molar-refractivity contribution in [3.05, 3.63) is 64.8 Å². The highest BCUT2D eigenvalue weighted by molar-refractivity contribution is 7.90. The van der Waals surface area contributed by atoms with Gasteiger partial charge in [-0.05, 0) is 68.0 Å². The van der Waals surface area contributed by atoms with Gasteiger partial charge in [0, 0.05) is 12.3 Å². The van der Waals surface area contributed by atoms with Crippen molar-refractivity contribution < 1.29 is 13.2 Å². The molecule has 1 aliphatic rings. The van der Waals surface area contributed by atoms with E-state index in [9.17, 15) is 13.2 Å². The van der Waals surface area contributed by atoms with Crippen LogP contribution in [0.3, 0.4) is 0 Å². The maximum atomic E-state index is 13.0. The number of aromatic nitrogens is 3. The zero-order chi connectivity index (χ0) is 22.5. The van der Waals surface area contributed by atoms with Gasteiger partial charge in [-0.3, -0.25) is 4.79 Å². The molecule has 32 heavy (non-hydrogen) atoms. The largest absolute Gasteiger partial charge is 0.306 e. The van der Waals surface area contributed by atoms with E-state index in [-0.39, 0.29) is 10.5 Å². The van der Waals surface area contributed by atoms with Crippen molar-refractivity contribution in [2.75, 3.05) is 11.6 Å². The van der Waals surface area contributed by atoms with E-state index in [1.165, 1.54) is 47.4 Å². The summed E-state index contributed by atoms with van der Waals surface area (Å²) in [5.74, 6) is -0.0663. The third kappa shape index (κ3) is 3.82. The summed E-state index contributed by atoms with van der Waals surface area (Å²) in [4.78, 5) is 17.8. The lowest BCUT2D eigenvalue weighted by atomic mass is 9.92. The number of sulfone groups is 1. The van der Waals surface area contributed by atoms with E-state index in [1.54, 1.807) is 22.9 Å². The molecule has 1 aliphatic carbocycles. The number of carbonyl (C=O) groups excluding carboxylic acids is 1. The number of rotatable bonds is 4. The van der Waals surface area contributed by atoms with Gasteiger partial charge in [0.05, 0.1) is 26.4 Å². The third-order valence-corrected chi connectivity index (χ3v) is 7.77. The first-order chi connectivity index (χ1) is 15.3. The lowest BCUT2D eigenvalue weighted by Crippen LogP contribution is -2.18. The summed E-state index contributed by atoms with van der Waals surface area (Å²) in [6, 6.07) is 12.3. The highest BCUT2D eigenvalue weighted by Gasteiger charge is 2.21. The molecule has 0 bridgehead atoms. The number of nitrogens with one attached hydrogen (secondary N) is 1. The molecule has 2 aromatic carbocycles. The molecular weight excluding hydrogens is 444 g/mol. The minimum atomic E-state index is -3.55. The summed E-state index contributed by atoms with van der Waals surface area (Å²) in [7, 11) is -3.55. The molecule has 7 nitrogen and oxygen atoms in total. The Bertz CT molecular complexity index is 1420. The Labute approximate surface area is 190 Å². The molecule has 0 unspecified atom stereocenters. The van der Waals surface area contributed by atoms with Crippen molar-refractivity contribution in [3.63, 3.8) is 0 Å². The number of thiazole rings is 1. The Balaban J connectivity index is 1.52. The molecule has 9 heteroatoms. The topological polar surface area (TPSA) is 94.0 Å². The SMILES string of the molecule is Cc1cc(NC(=O)c2ccccc2S(C)(=O)=O)n(-c2nc3cc4c(cc3s2)CCCC4)n1. The second-order valence-corrected chi connectivity index (χ2v) is 11.1. The summed E-state index contributed by atoms with van der Waals surface area (Å²) in [5.41, 5.74) is 4.50. The lowest BCUT2D eigenvalue weighted by molar-refractivity contribution is 0.102. The zero-order valence-electron chi connectivity index (χ0n) is 17.8. The molecule has 5 rings (SSSR count). The van der Waals surface area contributed by atoms with Crippen molar-refractivity contribution >= 4 is 43.1 Å². The Hall–Kier alpha value is -3.04. The average molecular weight is 467 g/mol. The highest BCUT2D eigenvalue weighted by atomic mass is 32.2. The van der Waals surface area contributed by atoms with E-state index in [4.69, 9.17) is 4.98 Å². The molecule has 2 heterocycles. The smallest absolute Gasteiger partial charge is 0.258 e. The molecule has 0 spiro atoms. The van der Waals surface area contributed by atoms with Crippen LogP contribution in [0.5, 0.6) is 0 Å². The van der Waals surface area contributed by atoms with Crippen LogP contribution in [0.2, 0.25) is 0 Å². The van der Waals surface area contributed by atoms with E-state index in [2.05, 4.69) is 22.5 Å². The first-order valence-electron chi connectivity index (χ1n) is 10.4. The van der Waals surface area contributed by atoms with Gasteiger partial charge in [0.1, 0.15) is 5.82 Å². The molecule has 164 valence electrons. The highest BCUT2D eigenvalue weighted by Crippen LogP contribution is 2.32. The van der Waals surface area contributed by atoms with Crippen LogP contribution in [0.15, 0.2) is 47.4 Å². The number of fused-ring (bicyclic) bond motifs is 2. The number of anilines is 1. The molecule has 0 radical (unpaired) electrons. The van der Waals surface area contributed by atoms with Crippen LogP contribution in [0, 0.1) is 6.92 Å². The number of amides is 1. The molecule has 0 aliphatic heterocycles. The van der Waals surface area contributed by atoms with E-state index >= 15 is 0 Å². The summed E-state index contributed by atoms with van der Waals surface area (Å²) >= 11 is 1.52. The molecule has 4 aromatic rings. The van der Waals surface area contributed by atoms with Crippen molar-refractivity contribution in [1.82, 2.24) is 14.8 Å². The van der Waals surface area contributed by atoms with Crippen LogP contribution in [0.1, 0.15) is 40.0 Å². The summed E-state index contributed by atoms with van der Waals surface area (Å²) in [5, 5.41) is 8.00. The maximum Gasteiger partial charge on any atom is 0.258 e. The second kappa shape index (κ2) is 7.83. The number of carbonyl (C=O) groups is 1. The normalized spacial score (nSPS) is 13.8. The molecule has 0 saturated carbocycles. The molecule has 0 atom stereocenters. The minimum absolute atomic E-state index is 0.00847. The maximum absolute atomic E-state index is 13.0. The number of benzene rings is 2. The fourth-order valence-corrected chi connectivity index (χ4v) is 5.99. The van der Waals surface area contributed by atoms with E-state index in [1.807, 2.05) is 6.92 Å². The van der Waals surface area contributed by atoms with Crippen molar-refractivity contribution in [2.24, 2.45) is 0 Å². The Kier molecular flexibility index (Phi) is 5.10. The Morgan fingerprint density at radius 3 is 2.56 bits per heavy atom. The number of hydrogen-bond acceptors (Lipinski definition) is 6. The Morgan fingerprint density at radius 1 is 1.09 bits per heavy atom. The predicted octanol–water partition coefficient (Wildman–Crippen LogP) is 4.33. The van der Waals surface area contributed by atoms with Crippen LogP contribution < -0.4 is 5.32 Å². The third-order valence-electron chi connectivity index (χ3n) is 5.63. The van der Waals surface area contributed by atoms with Crippen molar-refractivity contribution in [2.45, 2.75) is 37.5 Å². The minimum Gasteiger partial charge on any atom is -0.306 e. The zero-order valence-corrected chi connectivity index (χ0v) is 19.4.